The first-order valence-electron chi connectivity index (χ1n) is 4.74. The Labute approximate surface area is 92.3 Å². The van der Waals surface area contributed by atoms with Crippen LogP contribution in [0.5, 0.6) is 0 Å². The van der Waals surface area contributed by atoms with Gasteiger partial charge in [0.15, 0.2) is 0 Å². The summed E-state index contributed by atoms with van der Waals surface area (Å²) in [7, 11) is 0. The first kappa shape index (κ1) is 12.0. The van der Waals surface area contributed by atoms with E-state index in [2.05, 4.69) is 0 Å². The van der Waals surface area contributed by atoms with Crippen molar-refractivity contribution in [1.82, 2.24) is 0 Å². The fraction of sp³-hybridized carbons (Fsp3) is 0.273. The fourth-order valence-electron chi connectivity index (χ4n) is 1.11. The summed E-state index contributed by atoms with van der Waals surface area (Å²) in [6.45, 7) is 1.82. The van der Waals surface area contributed by atoms with Crippen molar-refractivity contribution in [2.75, 3.05) is 6.61 Å². The number of esters is 1. The number of rotatable bonds is 5. The zero-order valence-electron chi connectivity index (χ0n) is 8.76. The Bertz CT molecular complexity index is 389. The largest absolute Gasteiger partial charge is 0.550 e. The Balaban J connectivity index is 2.86. The molecule has 16 heavy (non-hydrogen) atoms. The predicted molar refractivity (Wildman–Crippen MR) is 52.9 cm³/mol. The third-order valence-electron chi connectivity index (χ3n) is 1.73. The van der Waals surface area contributed by atoms with Crippen LogP contribution in [-0.2, 0) is 14.3 Å². The van der Waals surface area contributed by atoms with Gasteiger partial charge in [-0.1, -0.05) is 0 Å². The van der Waals surface area contributed by atoms with Gasteiger partial charge in [0.05, 0.1) is 12.9 Å². The molecule has 0 aromatic carbocycles. The van der Waals surface area contributed by atoms with Crippen molar-refractivity contribution < 1.29 is 23.8 Å². The van der Waals surface area contributed by atoms with Crippen LogP contribution >= 0.6 is 0 Å². The molecular formula is C11H11O5-. The van der Waals surface area contributed by atoms with Gasteiger partial charge >= 0.3 is 5.97 Å². The summed E-state index contributed by atoms with van der Waals surface area (Å²) in [5.74, 6) is -1.63. The van der Waals surface area contributed by atoms with Crippen LogP contribution in [0, 0.1) is 0 Å². The van der Waals surface area contributed by atoms with E-state index >= 15 is 0 Å². The Morgan fingerprint density at radius 3 is 2.81 bits per heavy atom. The normalized spacial score (nSPS) is 11.2. The topological polar surface area (TPSA) is 79.6 Å². The monoisotopic (exact) mass is 223 g/mol. The number of aliphatic carboxylic acids is 1. The van der Waals surface area contributed by atoms with Gasteiger partial charge in [0.1, 0.15) is 5.76 Å². The molecule has 0 atom stereocenters. The van der Waals surface area contributed by atoms with Crippen molar-refractivity contribution in [2.24, 2.45) is 0 Å². The summed E-state index contributed by atoms with van der Waals surface area (Å²) in [5, 5.41) is 10.5. The van der Waals surface area contributed by atoms with Crippen LogP contribution in [0.3, 0.4) is 0 Å². The van der Waals surface area contributed by atoms with Crippen molar-refractivity contribution in [3.63, 3.8) is 0 Å². The lowest BCUT2D eigenvalue weighted by Crippen LogP contribution is -2.24. The zero-order chi connectivity index (χ0) is 12.0. The molecule has 0 unspecified atom stereocenters. The van der Waals surface area contributed by atoms with Crippen LogP contribution < -0.4 is 5.11 Å². The van der Waals surface area contributed by atoms with Crippen molar-refractivity contribution in [3.8, 4) is 0 Å². The summed E-state index contributed by atoms with van der Waals surface area (Å²) < 4.78 is 9.69. The number of hydrogen-bond donors (Lipinski definition) is 0. The Hall–Kier alpha value is -2.04. The zero-order valence-corrected chi connectivity index (χ0v) is 8.76. The van der Waals surface area contributed by atoms with Gasteiger partial charge in [-0.05, 0) is 25.1 Å². The number of carbonyl (C=O) groups excluding carboxylic acids is 2. The van der Waals surface area contributed by atoms with E-state index < -0.39 is 18.4 Å². The van der Waals surface area contributed by atoms with Gasteiger partial charge in [-0.25, -0.2) is 4.79 Å². The molecule has 5 nitrogen and oxygen atoms in total. The SMILES string of the molecule is CCOC(=O)C(=Cc1ccco1)CC(=O)[O-]. The van der Waals surface area contributed by atoms with E-state index in [0.717, 1.165) is 0 Å². The quantitative estimate of drug-likeness (QED) is 0.532. The molecule has 1 aromatic heterocycles. The summed E-state index contributed by atoms with van der Waals surface area (Å²) in [4.78, 5) is 21.8. The smallest absolute Gasteiger partial charge is 0.334 e. The van der Waals surface area contributed by atoms with Crippen LogP contribution in [0.1, 0.15) is 19.1 Å². The molecule has 0 amide bonds. The Kier molecular flexibility index (Phi) is 4.32. The number of furan rings is 1. The van der Waals surface area contributed by atoms with Gasteiger partial charge in [0.2, 0.25) is 0 Å². The molecule has 5 heteroatoms. The van der Waals surface area contributed by atoms with E-state index in [0.29, 0.717) is 5.76 Å². The molecule has 0 bridgehead atoms. The van der Waals surface area contributed by atoms with E-state index in [1.165, 1.54) is 12.3 Å². The number of carboxylic acids is 1. The standard InChI is InChI=1S/C11H12O5/c1-2-15-11(14)8(7-10(12)13)6-9-4-3-5-16-9/h3-6H,2,7H2,1H3,(H,12,13)/p-1. The van der Waals surface area contributed by atoms with Crippen LogP contribution in [0.15, 0.2) is 28.4 Å². The molecule has 0 saturated heterocycles. The molecule has 0 aliphatic carbocycles. The first-order valence-corrected chi connectivity index (χ1v) is 4.74. The molecule has 0 N–H and O–H groups in total. The Morgan fingerprint density at radius 1 is 1.56 bits per heavy atom. The van der Waals surface area contributed by atoms with Gasteiger partial charge in [-0.2, -0.15) is 0 Å². The lowest BCUT2D eigenvalue weighted by Gasteiger charge is -2.06. The second kappa shape index (κ2) is 5.75. The summed E-state index contributed by atoms with van der Waals surface area (Å²) in [5.41, 5.74) is -0.00296. The maximum atomic E-state index is 11.4. The first-order chi connectivity index (χ1) is 7.63. The van der Waals surface area contributed by atoms with Crippen LogP contribution in [-0.4, -0.2) is 18.5 Å². The lowest BCUT2D eigenvalue weighted by atomic mass is 10.1. The van der Waals surface area contributed by atoms with E-state index in [1.807, 2.05) is 0 Å². The highest BCUT2D eigenvalue weighted by Crippen LogP contribution is 2.11. The number of carboxylic acid groups (broad SMARTS) is 1. The van der Waals surface area contributed by atoms with Gasteiger partial charge in [-0.15, -0.1) is 0 Å². The summed E-state index contributed by atoms with van der Waals surface area (Å²) in [6.07, 6.45) is 2.25. The van der Waals surface area contributed by atoms with Crippen molar-refractivity contribution >= 4 is 18.0 Å². The Morgan fingerprint density at radius 2 is 2.31 bits per heavy atom. The molecule has 0 aliphatic rings. The average molecular weight is 223 g/mol. The van der Waals surface area contributed by atoms with E-state index in [9.17, 15) is 14.7 Å². The third-order valence-corrected chi connectivity index (χ3v) is 1.73. The second-order valence-electron chi connectivity index (χ2n) is 2.95. The van der Waals surface area contributed by atoms with E-state index in [4.69, 9.17) is 9.15 Å². The molecule has 0 saturated carbocycles. The second-order valence-corrected chi connectivity index (χ2v) is 2.95. The third kappa shape index (κ3) is 3.61. The van der Waals surface area contributed by atoms with Crippen molar-refractivity contribution in [3.05, 3.63) is 29.7 Å². The van der Waals surface area contributed by atoms with Crippen LogP contribution in [0.4, 0.5) is 0 Å². The highest BCUT2D eigenvalue weighted by molar-refractivity contribution is 5.97. The minimum Gasteiger partial charge on any atom is -0.550 e. The highest BCUT2D eigenvalue weighted by atomic mass is 16.5. The molecule has 1 rings (SSSR count). The van der Waals surface area contributed by atoms with Crippen LogP contribution in [0.2, 0.25) is 0 Å². The molecule has 0 spiro atoms. The van der Waals surface area contributed by atoms with Gasteiger partial charge in [-0.3, -0.25) is 0 Å². The number of hydrogen-bond acceptors (Lipinski definition) is 5. The minimum absolute atomic E-state index is 0.00296. The van der Waals surface area contributed by atoms with E-state index in [-0.39, 0.29) is 12.2 Å². The van der Waals surface area contributed by atoms with Gasteiger partial charge in [0.25, 0.3) is 0 Å². The summed E-state index contributed by atoms with van der Waals surface area (Å²) >= 11 is 0. The summed E-state index contributed by atoms with van der Waals surface area (Å²) in [6, 6.07) is 3.24. The molecule has 1 heterocycles. The fourth-order valence-corrected chi connectivity index (χ4v) is 1.11. The highest BCUT2D eigenvalue weighted by Gasteiger charge is 2.11. The lowest BCUT2D eigenvalue weighted by molar-refractivity contribution is -0.304. The van der Waals surface area contributed by atoms with Gasteiger partial charge < -0.3 is 19.1 Å². The average Bonchev–Trinajstić information content (AvgIpc) is 2.69. The molecule has 0 aliphatic heterocycles. The molecule has 86 valence electrons. The molecule has 0 fully saturated rings. The molecular weight excluding hydrogens is 212 g/mol. The van der Waals surface area contributed by atoms with E-state index in [1.54, 1.807) is 19.1 Å². The maximum absolute atomic E-state index is 11.4. The van der Waals surface area contributed by atoms with Crippen molar-refractivity contribution in [2.45, 2.75) is 13.3 Å². The molecule has 0 radical (unpaired) electrons. The number of ether oxygens (including phenoxy) is 1. The van der Waals surface area contributed by atoms with Crippen molar-refractivity contribution in [1.29, 1.82) is 0 Å². The predicted octanol–water partition coefficient (Wildman–Crippen LogP) is 0.366. The number of carbonyl (C=O) groups is 2. The minimum atomic E-state index is -1.34. The maximum Gasteiger partial charge on any atom is 0.334 e. The van der Waals surface area contributed by atoms with Crippen LogP contribution in [0.25, 0.3) is 6.08 Å². The molecule has 1 aromatic rings. The van der Waals surface area contributed by atoms with Gasteiger partial charge in [0, 0.05) is 18.0 Å².